The number of benzene rings is 1. The highest BCUT2D eigenvalue weighted by Crippen LogP contribution is 2.26. The zero-order valence-electron chi connectivity index (χ0n) is 12.4. The number of halogens is 2. The fourth-order valence-corrected chi connectivity index (χ4v) is 3.36. The highest BCUT2D eigenvalue weighted by molar-refractivity contribution is 6.36. The molecule has 0 aromatic heterocycles. The first-order valence-corrected chi connectivity index (χ1v) is 8.32. The lowest BCUT2D eigenvalue weighted by Gasteiger charge is -2.34. The van der Waals surface area contributed by atoms with Crippen molar-refractivity contribution in [3.8, 4) is 0 Å². The second-order valence-corrected chi connectivity index (χ2v) is 6.26. The minimum Gasteiger partial charge on any atom is -0.339 e. The average molecular weight is 329 g/mol. The molecular weight excluding hydrogens is 307 g/mol. The molecule has 3 nitrogen and oxygen atoms in total. The summed E-state index contributed by atoms with van der Waals surface area (Å²) >= 11 is 12.4. The van der Waals surface area contributed by atoms with E-state index in [-0.39, 0.29) is 12.3 Å². The molecule has 2 rings (SSSR count). The fraction of sp³-hybridized carbons (Fsp3) is 0.562. The molecule has 1 N–H and O–H groups in total. The molecule has 5 heteroatoms. The molecule has 1 saturated heterocycles. The summed E-state index contributed by atoms with van der Waals surface area (Å²) in [6.07, 6.45) is 3.28. The van der Waals surface area contributed by atoms with Crippen molar-refractivity contribution in [2.24, 2.45) is 0 Å². The Hall–Kier alpha value is -0.770. The SMILES string of the molecule is CCCN(C(=O)Cc1c(Cl)cccc1Cl)C1CCNCC1. The van der Waals surface area contributed by atoms with Crippen molar-refractivity contribution in [3.05, 3.63) is 33.8 Å². The molecule has 0 spiro atoms. The highest BCUT2D eigenvalue weighted by Gasteiger charge is 2.25. The summed E-state index contributed by atoms with van der Waals surface area (Å²) in [7, 11) is 0. The van der Waals surface area contributed by atoms with Crippen molar-refractivity contribution in [3.63, 3.8) is 0 Å². The maximum atomic E-state index is 12.7. The molecule has 1 fully saturated rings. The van der Waals surface area contributed by atoms with Gasteiger partial charge in [-0.05, 0) is 50.0 Å². The van der Waals surface area contributed by atoms with Gasteiger partial charge in [-0.3, -0.25) is 4.79 Å². The molecule has 0 atom stereocenters. The normalized spacial score (nSPS) is 16.0. The quantitative estimate of drug-likeness (QED) is 0.896. The minimum absolute atomic E-state index is 0.124. The van der Waals surface area contributed by atoms with Crippen LogP contribution in [0.2, 0.25) is 10.0 Å². The molecule has 1 aromatic rings. The van der Waals surface area contributed by atoms with Crippen LogP contribution >= 0.6 is 23.2 Å². The van der Waals surface area contributed by atoms with Crippen molar-refractivity contribution in [2.75, 3.05) is 19.6 Å². The van der Waals surface area contributed by atoms with Gasteiger partial charge >= 0.3 is 0 Å². The Morgan fingerprint density at radius 3 is 2.48 bits per heavy atom. The molecular formula is C16H22Cl2N2O. The second kappa shape index (κ2) is 8.02. The number of nitrogens with zero attached hydrogens (tertiary/aromatic N) is 1. The van der Waals surface area contributed by atoms with Crippen LogP contribution in [-0.4, -0.2) is 36.5 Å². The average Bonchev–Trinajstić information content (AvgIpc) is 2.49. The van der Waals surface area contributed by atoms with Crippen LogP contribution in [0.4, 0.5) is 0 Å². The molecule has 0 bridgehead atoms. The van der Waals surface area contributed by atoms with Gasteiger partial charge in [-0.2, -0.15) is 0 Å². The van der Waals surface area contributed by atoms with E-state index >= 15 is 0 Å². The topological polar surface area (TPSA) is 32.3 Å². The number of piperidine rings is 1. The third kappa shape index (κ3) is 4.35. The maximum Gasteiger partial charge on any atom is 0.227 e. The Bertz CT molecular complexity index is 467. The Morgan fingerprint density at radius 1 is 1.29 bits per heavy atom. The van der Waals surface area contributed by atoms with Crippen LogP contribution in [0.25, 0.3) is 0 Å². The fourth-order valence-electron chi connectivity index (χ4n) is 2.82. The summed E-state index contributed by atoms with van der Waals surface area (Å²) in [6, 6.07) is 5.70. The number of carbonyl (C=O) groups excluding carboxylic acids is 1. The summed E-state index contributed by atoms with van der Waals surface area (Å²) in [6.45, 7) is 4.85. The van der Waals surface area contributed by atoms with Gasteiger partial charge in [0.1, 0.15) is 0 Å². The first-order chi connectivity index (χ1) is 10.1. The predicted molar refractivity (Wildman–Crippen MR) is 88.1 cm³/mol. The van der Waals surface area contributed by atoms with Gasteiger partial charge in [0.05, 0.1) is 6.42 Å². The molecule has 1 heterocycles. The van der Waals surface area contributed by atoms with Gasteiger partial charge in [0, 0.05) is 22.6 Å². The monoisotopic (exact) mass is 328 g/mol. The van der Waals surface area contributed by atoms with Gasteiger partial charge in [-0.25, -0.2) is 0 Å². The van der Waals surface area contributed by atoms with E-state index in [2.05, 4.69) is 12.2 Å². The zero-order chi connectivity index (χ0) is 15.2. The van der Waals surface area contributed by atoms with Crippen LogP contribution in [0.15, 0.2) is 18.2 Å². The molecule has 0 aliphatic carbocycles. The number of hydrogen-bond donors (Lipinski definition) is 1. The Morgan fingerprint density at radius 2 is 1.90 bits per heavy atom. The van der Waals surface area contributed by atoms with E-state index < -0.39 is 0 Å². The van der Waals surface area contributed by atoms with Crippen molar-refractivity contribution < 1.29 is 4.79 Å². The van der Waals surface area contributed by atoms with Gasteiger partial charge in [-0.15, -0.1) is 0 Å². The van der Waals surface area contributed by atoms with E-state index in [1.54, 1.807) is 18.2 Å². The van der Waals surface area contributed by atoms with Gasteiger partial charge in [0.2, 0.25) is 5.91 Å². The lowest BCUT2D eigenvalue weighted by Crippen LogP contribution is -2.47. The number of hydrogen-bond acceptors (Lipinski definition) is 2. The third-order valence-corrected chi connectivity index (χ3v) is 4.63. The van der Waals surface area contributed by atoms with Gasteiger partial charge in [0.25, 0.3) is 0 Å². The number of nitrogens with one attached hydrogen (secondary N) is 1. The molecule has 21 heavy (non-hydrogen) atoms. The van der Waals surface area contributed by atoms with Crippen LogP contribution in [0.1, 0.15) is 31.7 Å². The minimum atomic E-state index is 0.124. The lowest BCUT2D eigenvalue weighted by atomic mass is 10.0. The summed E-state index contributed by atoms with van der Waals surface area (Å²) in [4.78, 5) is 14.7. The first kappa shape index (κ1) is 16.6. The molecule has 0 radical (unpaired) electrons. The number of amides is 1. The van der Waals surface area contributed by atoms with E-state index in [4.69, 9.17) is 23.2 Å². The molecule has 1 aliphatic rings. The Kier molecular flexibility index (Phi) is 6.34. The van der Waals surface area contributed by atoms with Crippen molar-refractivity contribution in [2.45, 2.75) is 38.6 Å². The van der Waals surface area contributed by atoms with Crippen molar-refractivity contribution >= 4 is 29.1 Å². The molecule has 1 aromatic carbocycles. The largest absolute Gasteiger partial charge is 0.339 e. The molecule has 0 saturated carbocycles. The molecule has 116 valence electrons. The van der Waals surface area contributed by atoms with E-state index in [0.717, 1.165) is 44.5 Å². The third-order valence-electron chi connectivity index (χ3n) is 3.92. The van der Waals surface area contributed by atoms with Crippen LogP contribution in [0.5, 0.6) is 0 Å². The van der Waals surface area contributed by atoms with Crippen LogP contribution < -0.4 is 5.32 Å². The predicted octanol–water partition coefficient (Wildman–Crippen LogP) is 3.53. The summed E-state index contributed by atoms with van der Waals surface area (Å²) < 4.78 is 0. The van der Waals surface area contributed by atoms with Gasteiger partial charge < -0.3 is 10.2 Å². The lowest BCUT2D eigenvalue weighted by molar-refractivity contribution is -0.133. The highest BCUT2D eigenvalue weighted by atomic mass is 35.5. The van der Waals surface area contributed by atoms with Gasteiger partial charge in [0.15, 0.2) is 0 Å². The summed E-state index contributed by atoms with van der Waals surface area (Å²) in [5.74, 6) is 0.124. The van der Waals surface area contributed by atoms with E-state index in [1.807, 2.05) is 4.90 Å². The summed E-state index contributed by atoms with van der Waals surface area (Å²) in [5, 5.41) is 4.47. The van der Waals surface area contributed by atoms with Crippen LogP contribution in [0.3, 0.4) is 0 Å². The van der Waals surface area contributed by atoms with Crippen molar-refractivity contribution in [1.29, 1.82) is 0 Å². The first-order valence-electron chi connectivity index (χ1n) is 7.56. The van der Waals surface area contributed by atoms with Gasteiger partial charge in [-0.1, -0.05) is 36.2 Å². The van der Waals surface area contributed by atoms with E-state index in [9.17, 15) is 4.79 Å². The standard InChI is InChI=1S/C16H22Cl2N2O/c1-2-10-20(12-6-8-19-9-7-12)16(21)11-13-14(17)4-3-5-15(13)18/h3-5,12,19H,2,6-11H2,1H3. The smallest absolute Gasteiger partial charge is 0.227 e. The Labute approximate surface area is 136 Å². The second-order valence-electron chi connectivity index (χ2n) is 5.45. The zero-order valence-corrected chi connectivity index (χ0v) is 13.9. The molecule has 0 unspecified atom stereocenters. The van der Waals surface area contributed by atoms with E-state index in [1.165, 1.54) is 0 Å². The number of rotatable bonds is 5. The van der Waals surface area contributed by atoms with Crippen LogP contribution in [0, 0.1) is 0 Å². The molecule has 1 amide bonds. The van der Waals surface area contributed by atoms with E-state index in [0.29, 0.717) is 16.1 Å². The molecule has 1 aliphatic heterocycles. The maximum absolute atomic E-state index is 12.7. The summed E-state index contributed by atoms with van der Waals surface area (Å²) in [5.41, 5.74) is 0.737. The number of carbonyl (C=O) groups is 1. The van der Waals surface area contributed by atoms with Crippen LogP contribution in [-0.2, 0) is 11.2 Å². The van der Waals surface area contributed by atoms with Crippen molar-refractivity contribution in [1.82, 2.24) is 10.2 Å². The Balaban J connectivity index is 2.11.